The van der Waals surface area contributed by atoms with Gasteiger partial charge in [0.1, 0.15) is 0 Å². The molecule has 0 spiro atoms. The SMILES string of the molecule is CNC(=O)c1[nH]c(C)cc(=O)c1O. The fraction of sp³-hybridized carbons (Fsp3) is 0.250. The van der Waals surface area contributed by atoms with E-state index in [0.717, 1.165) is 0 Å². The third kappa shape index (κ3) is 1.69. The Morgan fingerprint density at radius 2 is 2.23 bits per heavy atom. The van der Waals surface area contributed by atoms with Crippen LogP contribution in [-0.4, -0.2) is 23.0 Å². The minimum absolute atomic E-state index is 0.104. The van der Waals surface area contributed by atoms with E-state index in [1.54, 1.807) is 6.92 Å². The number of H-pyrrole nitrogens is 1. The van der Waals surface area contributed by atoms with E-state index >= 15 is 0 Å². The molecule has 70 valence electrons. The molecule has 0 radical (unpaired) electrons. The summed E-state index contributed by atoms with van der Waals surface area (Å²) >= 11 is 0. The molecule has 1 rings (SSSR count). The third-order valence-electron chi connectivity index (χ3n) is 1.59. The van der Waals surface area contributed by atoms with Crippen molar-refractivity contribution in [1.82, 2.24) is 10.3 Å². The summed E-state index contributed by atoms with van der Waals surface area (Å²) in [5.41, 5.74) is -0.135. The summed E-state index contributed by atoms with van der Waals surface area (Å²) in [7, 11) is 1.42. The van der Waals surface area contributed by atoms with E-state index in [4.69, 9.17) is 0 Å². The van der Waals surface area contributed by atoms with Crippen molar-refractivity contribution >= 4 is 5.91 Å². The number of aromatic nitrogens is 1. The Labute approximate surface area is 74.4 Å². The fourth-order valence-corrected chi connectivity index (χ4v) is 0.970. The fourth-order valence-electron chi connectivity index (χ4n) is 0.970. The maximum Gasteiger partial charge on any atom is 0.271 e. The van der Waals surface area contributed by atoms with Gasteiger partial charge >= 0.3 is 0 Å². The van der Waals surface area contributed by atoms with Gasteiger partial charge in [0.15, 0.2) is 11.4 Å². The molecule has 5 heteroatoms. The van der Waals surface area contributed by atoms with E-state index < -0.39 is 17.1 Å². The van der Waals surface area contributed by atoms with Gasteiger partial charge in [-0.15, -0.1) is 0 Å². The Kier molecular flexibility index (Phi) is 2.36. The van der Waals surface area contributed by atoms with E-state index in [-0.39, 0.29) is 5.69 Å². The van der Waals surface area contributed by atoms with Gasteiger partial charge in [0.05, 0.1) is 0 Å². The van der Waals surface area contributed by atoms with Crippen LogP contribution in [0.5, 0.6) is 5.75 Å². The molecule has 13 heavy (non-hydrogen) atoms. The van der Waals surface area contributed by atoms with Crippen LogP contribution < -0.4 is 10.7 Å². The van der Waals surface area contributed by atoms with Crippen molar-refractivity contribution < 1.29 is 9.90 Å². The van der Waals surface area contributed by atoms with Crippen LogP contribution in [0.15, 0.2) is 10.9 Å². The van der Waals surface area contributed by atoms with Crippen molar-refractivity contribution in [2.75, 3.05) is 7.05 Å². The standard InChI is InChI=1S/C8H10N2O3/c1-4-3-5(11)7(12)6(10-4)8(13)9-2/h3,12H,1-2H3,(H,9,13)(H,10,11). The van der Waals surface area contributed by atoms with Crippen LogP contribution in [0.4, 0.5) is 0 Å². The topological polar surface area (TPSA) is 82.2 Å². The number of amides is 1. The lowest BCUT2D eigenvalue weighted by atomic mass is 10.2. The maximum atomic E-state index is 11.1. The first-order chi connectivity index (χ1) is 6.06. The van der Waals surface area contributed by atoms with Crippen LogP contribution in [0.25, 0.3) is 0 Å². The molecule has 1 aromatic heterocycles. The van der Waals surface area contributed by atoms with Gasteiger partial charge in [0.2, 0.25) is 5.43 Å². The molecule has 0 fully saturated rings. The van der Waals surface area contributed by atoms with Gasteiger partial charge in [-0.3, -0.25) is 9.59 Å². The summed E-state index contributed by atoms with van der Waals surface area (Å²) in [6.07, 6.45) is 0. The summed E-state index contributed by atoms with van der Waals surface area (Å²) < 4.78 is 0. The summed E-state index contributed by atoms with van der Waals surface area (Å²) in [6, 6.07) is 1.22. The minimum atomic E-state index is -0.560. The number of carbonyl (C=O) groups is 1. The number of aryl methyl sites for hydroxylation is 1. The van der Waals surface area contributed by atoms with Crippen LogP contribution in [0.1, 0.15) is 16.2 Å². The zero-order valence-corrected chi connectivity index (χ0v) is 7.34. The predicted molar refractivity (Wildman–Crippen MR) is 46.9 cm³/mol. The van der Waals surface area contributed by atoms with Crippen molar-refractivity contribution in [2.24, 2.45) is 0 Å². The Morgan fingerprint density at radius 1 is 1.62 bits per heavy atom. The lowest BCUT2D eigenvalue weighted by Crippen LogP contribution is -2.22. The van der Waals surface area contributed by atoms with E-state index in [1.807, 2.05) is 0 Å². The molecule has 0 aliphatic heterocycles. The molecular weight excluding hydrogens is 172 g/mol. The van der Waals surface area contributed by atoms with E-state index in [0.29, 0.717) is 5.69 Å². The van der Waals surface area contributed by atoms with Crippen LogP contribution in [0.2, 0.25) is 0 Å². The molecular formula is C8H10N2O3. The highest BCUT2D eigenvalue weighted by atomic mass is 16.3. The first-order valence-electron chi connectivity index (χ1n) is 3.71. The average molecular weight is 182 g/mol. The minimum Gasteiger partial charge on any atom is -0.503 e. The maximum absolute atomic E-state index is 11.1. The Balaban J connectivity index is 3.37. The van der Waals surface area contributed by atoms with Crippen LogP contribution in [0.3, 0.4) is 0 Å². The molecule has 3 N–H and O–H groups in total. The van der Waals surface area contributed by atoms with Crippen LogP contribution in [-0.2, 0) is 0 Å². The van der Waals surface area contributed by atoms with Gasteiger partial charge in [-0.05, 0) is 6.92 Å². The Morgan fingerprint density at radius 3 is 2.77 bits per heavy atom. The molecule has 5 nitrogen and oxygen atoms in total. The zero-order valence-electron chi connectivity index (χ0n) is 7.34. The molecule has 0 atom stereocenters. The van der Waals surface area contributed by atoms with Crippen molar-refractivity contribution in [3.63, 3.8) is 0 Å². The van der Waals surface area contributed by atoms with E-state index in [9.17, 15) is 14.7 Å². The van der Waals surface area contributed by atoms with Gasteiger partial charge in [-0.25, -0.2) is 0 Å². The molecule has 0 bridgehead atoms. The lowest BCUT2D eigenvalue weighted by molar-refractivity contribution is 0.0955. The molecule has 0 unspecified atom stereocenters. The van der Waals surface area contributed by atoms with E-state index in [2.05, 4.69) is 10.3 Å². The largest absolute Gasteiger partial charge is 0.503 e. The molecule has 1 heterocycles. The smallest absolute Gasteiger partial charge is 0.271 e. The second kappa shape index (κ2) is 3.30. The molecule has 0 saturated heterocycles. The second-order valence-electron chi connectivity index (χ2n) is 2.62. The molecule has 0 aliphatic carbocycles. The number of aromatic hydroxyl groups is 1. The van der Waals surface area contributed by atoms with Crippen LogP contribution >= 0.6 is 0 Å². The quantitative estimate of drug-likeness (QED) is 0.560. The lowest BCUT2D eigenvalue weighted by Gasteiger charge is -2.03. The summed E-state index contributed by atoms with van der Waals surface area (Å²) in [5.74, 6) is -1.07. The van der Waals surface area contributed by atoms with Crippen LogP contribution in [0, 0.1) is 6.92 Å². The van der Waals surface area contributed by atoms with Crippen molar-refractivity contribution in [3.05, 3.63) is 27.7 Å². The van der Waals surface area contributed by atoms with Crippen molar-refractivity contribution in [1.29, 1.82) is 0 Å². The number of nitrogens with one attached hydrogen (secondary N) is 2. The first-order valence-corrected chi connectivity index (χ1v) is 3.71. The highest BCUT2D eigenvalue weighted by Gasteiger charge is 2.12. The predicted octanol–water partition coefficient (Wildman–Crippen LogP) is -0.251. The number of carbonyl (C=O) groups excluding carboxylic acids is 1. The van der Waals surface area contributed by atoms with Gasteiger partial charge in [0.25, 0.3) is 5.91 Å². The van der Waals surface area contributed by atoms with Crippen molar-refractivity contribution in [3.8, 4) is 5.75 Å². The highest BCUT2D eigenvalue weighted by Crippen LogP contribution is 2.07. The summed E-state index contributed by atoms with van der Waals surface area (Å²) in [5, 5.41) is 11.5. The number of hydrogen-bond donors (Lipinski definition) is 3. The first kappa shape index (κ1) is 9.31. The van der Waals surface area contributed by atoms with Gasteiger partial charge in [0, 0.05) is 18.8 Å². The number of rotatable bonds is 1. The molecule has 1 amide bonds. The number of hydrogen-bond acceptors (Lipinski definition) is 3. The summed E-state index contributed by atoms with van der Waals surface area (Å²) in [4.78, 5) is 24.7. The normalized spacial score (nSPS) is 9.69. The molecule has 0 aliphatic rings. The monoisotopic (exact) mass is 182 g/mol. The summed E-state index contributed by atoms with van der Waals surface area (Å²) in [6.45, 7) is 1.63. The van der Waals surface area contributed by atoms with Gasteiger partial charge in [-0.1, -0.05) is 0 Å². The van der Waals surface area contributed by atoms with Crippen molar-refractivity contribution in [2.45, 2.75) is 6.92 Å². The second-order valence-corrected chi connectivity index (χ2v) is 2.62. The van der Waals surface area contributed by atoms with Gasteiger partial charge < -0.3 is 15.4 Å². The van der Waals surface area contributed by atoms with E-state index in [1.165, 1.54) is 13.1 Å². The Bertz CT molecular complexity index is 395. The number of aromatic amines is 1. The highest BCUT2D eigenvalue weighted by molar-refractivity contribution is 5.94. The molecule has 0 saturated carbocycles. The number of pyridine rings is 1. The van der Waals surface area contributed by atoms with Gasteiger partial charge in [-0.2, -0.15) is 0 Å². The Hall–Kier alpha value is -1.78. The zero-order chi connectivity index (χ0) is 10.0. The molecule has 1 aromatic rings. The molecule has 0 aromatic carbocycles. The third-order valence-corrected chi connectivity index (χ3v) is 1.59. The average Bonchev–Trinajstić information content (AvgIpc) is 2.10.